The molecule has 0 aliphatic rings. The average Bonchev–Trinajstić information content (AvgIpc) is 2.29. The van der Waals surface area contributed by atoms with E-state index in [4.69, 9.17) is 4.18 Å². The van der Waals surface area contributed by atoms with Gasteiger partial charge in [0.25, 0.3) is 10.1 Å². The first-order chi connectivity index (χ1) is 8.06. The van der Waals surface area contributed by atoms with E-state index in [0.717, 1.165) is 12.0 Å². The molecule has 1 aromatic carbocycles. The average molecular weight is 254 g/mol. The highest BCUT2D eigenvalue weighted by molar-refractivity contribution is 7.86. The van der Waals surface area contributed by atoms with Crippen molar-refractivity contribution in [2.75, 3.05) is 6.61 Å². The Morgan fingerprint density at radius 3 is 2.47 bits per heavy atom. The van der Waals surface area contributed by atoms with E-state index in [1.165, 1.54) is 0 Å². The van der Waals surface area contributed by atoms with Crippen molar-refractivity contribution in [1.29, 1.82) is 0 Å². The summed E-state index contributed by atoms with van der Waals surface area (Å²) >= 11 is 0. The Morgan fingerprint density at radius 1 is 1.24 bits per heavy atom. The highest BCUT2D eigenvalue weighted by Crippen LogP contribution is 2.13. The van der Waals surface area contributed by atoms with E-state index < -0.39 is 10.1 Å². The van der Waals surface area contributed by atoms with Gasteiger partial charge in [0, 0.05) is 0 Å². The molecule has 0 saturated carbocycles. The fourth-order valence-corrected chi connectivity index (χ4v) is 2.25. The quantitative estimate of drug-likeness (QED) is 0.445. The molecule has 0 saturated heterocycles. The van der Waals surface area contributed by atoms with Crippen molar-refractivity contribution in [2.45, 2.75) is 31.6 Å². The molecule has 0 spiro atoms. The summed E-state index contributed by atoms with van der Waals surface area (Å²) in [6.45, 7) is 4.07. The Morgan fingerprint density at radius 2 is 1.88 bits per heavy atom. The van der Waals surface area contributed by atoms with Crippen LogP contribution in [0.5, 0.6) is 0 Å². The van der Waals surface area contributed by atoms with Gasteiger partial charge in [0.1, 0.15) is 0 Å². The third-order valence-corrected chi connectivity index (χ3v) is 3.63. The Bertz CT molecular complexity index is 458. The number of rotatable bonds is 6. The second-order valence-corrected chi connectivity index (χ2v) is 5.42. The molecule has 0 amide bonds. The van der Waals surface area contributed by atoms with Gasteiger partial charge in [-0.1, -0.05) is 29.8 Å². The number of benzene rings is 1. The minimum Gasteiger partial charge on any atom is -0.266 e. The van der Waals surface area contributed by atoms with Crippen LogP contribution in [-0.2, 0) is 14.3 Å². The van der Waals surface area contributed by atoms with Gasteiger partial charge in [-0.15, -0.1) is 0 Å². The minimum atomic E-state index is -3.59. The maximum Gasteiger partial charge on any atom is 0.296 e. The molecule has 0 aliphatic heterocycles. The molecule has 0 aliphatic carbocycles. The van der Waals surface area contributed by atoms with Crippen molar-refractivity contribution < 1.29 is 12.6 Å². The van der Waals surface area contributed by atoms with E-state index in [-0.39, 0.29) is 11.5 Å². The van der Waals surface area contributed by atoms with Gasteiger partial charge in [0.15, 0.2) is 0 Å². The maximum absolute atomic E-state index is 11.7. The summed E-state index contributed by atoms with van der Waals surface area (Å²) < 4.78 is 28.4. The van der Waals surface area contributed by atoms with Gasteiger partial charge >= 0.3 is 0 Å². The molecule has 0 unspecified atom stereocenters. The summed E-state index contributed by atoms with van der Waals surface area (Å²) in [5.74, 6) is 0. The van der Waals surface area contributed by atoms with E-state index in [2.05, 4.69) is 0 Å². The van der Waals surface area contributed by atoms with Crippen LogP contribution in [0, 0.1) is 6.92 Å². The molecule has 3 nitrogen and oxygen atoms in total. The van der Waals surface area contributed by atoms with Crippen LogP contribution >= 0.6 is 0 Å². The summed E-state index contributed by atoms with van der Waals surface area (Å²) in [7, 11) is -3.59. The normalized spacial score (nSPS) is 12.1. The van der Waals surface area contributed by atoms with Gasteiger partial charge in [-0.3, -0.25) is 4.18 Å². The summed E-state index contributed by atoms with van der Waals surface area (Å²) in [4.78, 5) is 0.217. The van der Waals surface area contributed by atoms with Crippen LogP contribution in [0.1, 0.15) is 25.3 Å². The first-order valence-corrected chi connectivity index (χ1v) is 7.04. The number of allylic oxidation sites excluding steroid dienone is 2. The Labute approximate surface area is 103 Å². The molecule has 1 aromatic rings. The lowest BCUT2D eigenvalue weighted by Gasteiger charge is -2.05. The van der Waals surface area contributed by atoms with Crippen LogP contribution in [0.2, 0.25) is 0 Å². The Hall–Kier alpha value is -1.13. The molecule has 0 fully saturated rings. The number of unbranched alkanes of at least 4 members (excludes halogenated alkanes) is 1. The first kappa shape index (κ1) is 13.9. The van der Waals surface area contributed by atoms with Gasteiger partial charge in [0.05, 0.1) is 11.5 Å². The molecule has 4 heteroatoms. The van der Waals surface area contributed by atoms with Gasteiger partial charge in [-0.2, -0.15) is 8.42 Å². The lowest BCUT2D eigenvalue weighted by Crippen LogP contribution is -2.07. The van der Waals surface area contributed by atoms with Crippen molar-refractivity contribution in [3.05, 3.63) is 42.0 Å². The minimum absolute atomic E-state index is 0.217. The monoisotopic (exact) mass is 254 g/mol. The van der Waals surface area contributed by atoms with Crippen molar-refractivity contribution in [1.82, 2.24) is 0 Å². The zero-order chi connectivity index (χ0) is 12.7. The second-order valence-electron chi connectivity index (χ2n) is 3.80. The highest BCUT2D eigenvalue weighted by Gasteiger charge is 2.13. The zero-order valence-electron chi connectivity index (χ0n) is 10.2. The summed E-state index contributed by atoms with van der Waals surface area (Å²) in [5, 5.41) is 0. The first-order valence-electron chi connectivity index (χ1n) is 5.63. The molecule has 0 bridgehead atoms. The van der Waals surface area contributed by atoms with Crippen LogP contribution < -0.4 is 0 Å². The van der Waals surface area contributed by atoms with E-state index in [1.807, 2.05) is 26.0 Å². The third-order valence-electron chi connectivity index (χ3n) is 2.30. The van der Waals surface area contributed by atoms with Gasteiger partial charge in [0.2, 0.25) is 0 Å². The lowest BCUT2D eigenvalue weighted by molar-refractivity contribution is 0.313. The smallest absolute Gasteiger partial charge is 0.266 e. The lowest BCUT2D eigenvalue weighted by atomic mass is 10.2. The fourth-order valence-electron chi connectivity index (χ4n) is 1.31. The van der Waals surface area contributed by atoms with Crippen molar-refractivity contribution in [3.63, 3.8) is 0 Å². The predicted octanol–water partition coefficient (Wildman–Crippen LogP) is 3.06. The SMILES string of the molecule is C/C=C/CCCOS(=O)(=O)c1ccc(C)cc1. The molecule has 94 valence electrons. The number of hydrogen-bond donors (Lipinski definition) is 0. The van der Waals surface area contributed by atoms with E-state index in [9.17, 15) is 8.42 Å². The van der Waals surface area contributed by atoms with Crippen molar-refractivity contribution in [2.24, 2.45) is 0 Å². The molecule has 0 N–H and O–H groups in total. The zero-order valence-corrected chi connectivity index (χ0v) is 11.0. The summed E-state index contributed by atoms with van der Waals surface area (Å²) in [6, 6.07) is 6.65. The molecule has 17 heavy (non-hydrogen) atoms. The van der Waals surface area contributed by atoms with E-state index in [0.29, 0.717) is 6.42 Å². The standard InChI is InChI=1S/C13H18O3S/c1-3-4-5-6-11-16-17(14,15)13-9-7-12(2)8-10-13/h3-4,7-10H,5-6,11H2,1-2H3/b4-3+. The van der Waals surface area contributed by atoms with Crippen LogP contribution in [0.25, 0.3) is 0 Å². The fraction of sp³-hybridized carbons (Fsp3) is 0.385. The van der Waals surface area contributed by atoms with Crippen LogP contribution in [0.4, 0.5) is 0 Å². The van der Waals surface area contributed by atoms with Crippen molar-refractivity contribution >= 4 is 10.1 Å². The molecule has 0 radical (unpaired) electrons. The largest absolute Gasteiger partial charge is 0.296 e. The molecule has 1 rings (SSSR count). The molecule has 0 heterocycles. The third kappa shape index (κ3) is 4.71. The molecular weight excluding hydrogens is 236 g/mol. The maximum atomic E-state index is 11.7. The van der Waals surface area contributed by atoms with Gasteiger partial charge in [-0.05, 0) is 38.8 Å². The Balaban J connectivity index is 2.54. The van der Waals surface area contributed by atoms with Crippen LogP contribution in [0.15, 0.2) is 41.3 Å². The Kier molecular flexibility index (Phi) is 5.38. The molecule has 0 atom stereocenters. The van der Waals surface area contributed by atoms with Gasteiger partial charge < -0.3 is 0 Å². The molecular formula is C13H18O3S. The molecule has 0 aromatic heterocycles. The van der Waals surface area contributed by atoms with E-state index >= 15 is 0 Å². The summed E-state index contributed by atoms with van der Waals surface area (Å²) in [5.41, 5.74) is 1.03. The van der Waals surface area contributed by atoms with E-state index in [1.54, 1.807) is 24.3 Å². The number of hydrogen-bond acceptors (Lipinski definition) is 3. The van der Waals surface area contributed by atoms with Crippen molar-refractivity contribution in [3.8, 4) is 0 Å². The highest BCUT2D eigenvalue weighted by atomic mass is 32.2. The second kappa shape index (κ2) is 6.57. The van der Waals surface area contributed by atoms with Gasteiger partial charge in [-0.25, -0.2) is 0 Å². The van der Waals surface area contributed by atoms with Crippen LogP contribution in [0.3, 0.4) is 0 Å². The van der Waals surface area contributed by atoms with Crippen LogP contribution in [-0.4, -0.2) is 15.0 Å². The topological polar surface area (TPSA) is 43.4 Å². The number of aryl methyl sites for hydroxylation is 1. The predicted molar refractivity (Wildman–Crippen MR) is 68.4 cm³/mol. The summed E-state index contributed by atoms with van der Waals surface area (Å²) in [6.07, 6.45) is 5.46.